The molecule has 2 fully saturated rings. The van der Waals surface area contributed by atoms with Crippen molar-refractivity contribution in [2.24, 2.45) is 0 Å². The molecule has 29 heavy (non-hydrogen) atoms. The van der Waals surface area contributed by atoms with Gasteiger partial charge in [-0.15, -0.1) is 0 Å². The van der Waals surface area contributed by atoms with Gasteiger partial charge >= 0.3 is 18.0 Å². The largest absolute Gasteiger partial charge is 0.451 e. The van der Waals surface area contributed by atoms with Crippen LogP contribution >= 0.6 is 0 Å². The molecule has 1 heterocycles. The van der Waals surface area contributed by atoms with E-state index in [0.29, 0.717) is 12.8 Å². The Kier molecular flexibility index (Phi) is 6.54. The highest BCUT2D eigenvalue weighted by atomic mass is 16.5. The first-order valence-electron chi connectivity index (χ1n) is 9.80. The first kappa shape index (κ1) is 22.6. The second kappa shape index (κ2) is 8.38. The summed E-state index contributed by atoms with van der Waals surface area (Å²) >= 11 is 0. The van der Waals surface area contributed by atoms with Gasteiger partial charge in [-0.25, -0.2) is 9.59 Å². The maximum absolute atomic E-state index is 12.9. The number of carbonyl (C=O) groups is 5. The van der Waals surface area contributed by atoms with Crippen molar-refractivity contribution < 1.29 is 28.7 Å². The number of likely N-dealkylation sites (N-methyl/N-ethyl adjacent to an activating group) is 1. The van der Waals surface area contributed by atoms with Gasteiger partial charge in [-0.3, -0.25) is 24.6 Å². The normalized spacial score (nSPS) is 19.9. The van der Waals surface area contributed by atoms with E-state index < -0.39 is 53.6 Å². The fraction of sp³-hybridized carbons (Fsp3) is 0.737. The maximum Gasteiger partial charge on any atom is 0.327 e. The van der Waals surface area contributed by atoms with Gasteiger partial charge in [0, 0.05) is 12.6 Å². The molecule has 1 aliphatic heterocycles. The molecule has 162 valence electrons. The summed E-state index contributed by atoms with van der Waals surface area (Å²) in [5, 5.41) is 4.64. The SMILES string of the molecule is C[C@@H](OC(=O)CN1C(=O)N(C)C2(CCCCC2)C1=O)C(=O)NC(=O)NC(C)(C)C. The number of esters is 1. The van der Waals surface area contributed by atoms with Crippen molar-refractivity contribution >= 4 is 29.8 Å². The van der Waals surface area contributed by atoms with Gasteiger partial charge in [-0.05, 0) is 40.5 Å². The average Bonchev–Trinajstić information content (AvgIpc) is 2.77. The van der Waals surface area contributed by atoms with Gasteiger partial charge in [0.25, 0.3) is 11.8 Å². The summed E-state index contributed by atoms with van der Waals surface area (Å²) in [6, 6.07) is -1.26. The Morgan fingerprint density at radius 2 is 1.72 bits per heavy atom. The summed E-state index contributed by atoms with van der Waals surface area (Å²) in [7, 11) is 1.57. The molecule has 6 amide bonds. The Balaban J connectivity index is 1.93. The molecule has 0 radical (unpaired) electrons. The number of urea groups is 2. The Morgan fingerprint density at radius 3 is 2.28 bits per heavy atom. The van der Waals surface area contributed by atoms with E-state index in [1.54, 1.807) is 27.8 Å². The predicted octanol–water partition coefficient (Wildman–Crippen LogP) is 1.14. The quantitative estimate of drug-likeness (QED) is 0.529. The molecule has 0 unspecified atom stereocenters. The molecule has 0 aromatic heterocycles. The number of rotatable bonds is 4. The molecular weight excluding hydrogens is 380 g/mol. The molecule has 0 bridgehead atoms. The Morgan fingerprint density at radius 1 is 1.14 bits per heavy atom. The Labute approximate surface area is 170 Å². The van der Waals surface area contributed by atoms with E-state index in [0.717, 1.165) is 24.2 Å². The van der Waals surface area contributed by atoms with E-state index in [-0.39, 0.29) is 0 Å². The minimum atomic E-state index is -1.26. The van der Waals surface area contributed by atoms with Crippen LogP contribution in [0.3, 0.4) is 0 Å². The van der Waals surface area contributed by atoms with E-state index in [1.807, 2.05) is 0 Å². The van der Waals surface area contributed by atoms with Gasteiger partial charge in [0.1, 0.15) is 12.1 Å². The zero-order chi connectivity index (χ0) is 22.0. The van der Waals surface area contributed by atoms with Crippen LogP contribution in [0.15, 0.2) is 0 Å². The van der Waals surface area contributed by atoms with Crippen LogP contribution < -0.4 is 10.6 Å². The van der Waals surface area contributed by atoms with Crippen molar-refractivity contribution in [1.29, 1.82) is 0 Å². The molecule has 1 saturated heterocycles. The first-order chi connectivity index (χ1) is 13.4. The minimum Gasteiger partial charge on any atom is -0.451 e. The van der Waals surface area contributed by atoms with Gasteiger partial charge in [-0.1, -0.05) is 19.3 Å². The highest BCUT2D eigenvalue weighted by molar-refractivity contribution is 6.08. The molecule has 10 heteroatoms. The second-order valence-electron chi connectivity index (χ2n) is 8.65. The van der Waals surface area contributed by atoms with Crippen molar-refractivity contribution in [2.45, 2.75) is 77.0 Å². The Hall–Kier alpha value is -2.65. The molecule has 10 nitrogen and oxygen atoms in total. The van der Waals surface area contributed by atoms with E-state index in [1.165, 1.54) is 11.8 Å². The highest BCUT2D eigenvalue weighted by Gasteiger charge is 2.56. The van der Waals surface area contributed by atoms with Crippen LogP contribution in [0.1, 0.15) is 59.8 Å². The molecule has 2 aliphatic rings. The smallest absolute Gasteiger partial charge is 0.327 e. The summed E-state index contributed by atoms with van der Waals surface area (Å²) < 4.78 is 5.02. The molecule has 1 atom stereocenters. The zero-order valence-corrected chi connectivity index (χ0v) is 17.7. The van der Waals surface area contributed by atoms with Crippen molar-refractivity contribution in [3.8, 4) is 0 Å². The summed E-state index contributed by atoms with van der Waals surface area (Å²) in [6.45, 7) is 5.98. The summed E-state index contributed by atoms with van der Waals surface area (Å²) in [5.41, 5.74) is -1.43. The number of nitrogens with one attached hydrogen (secondary N) is 2. The van der Waals surface area contributed by atoms with Crippen LogP contribution in [0.4, 0.5) is 9.59 Å². The topological polar surface area (TPSA) is 125 Å². The van der Waals surface area contributed by atoms with Gasteiger partial charge in [0.2, 0.25) is 0 Å². The third-order valence-corrected chi connectivity index (χ3v) is 5.17. The predicted molar refractivity (Wildman–Crippen MR) is 103 cm³/mol. The van der Waals surface area contributed by atoms with Crippen molar-refractivity contribution in [2.75, 3.05) is 13.6 Å². The van der Waals surface area contributed by atoms with E-state index in [4.69, 9.17) is 4.74 Å². The number of imide groups is 2. The number of ether oxygens (including phenoxy) is 1. The number of carbonyl (C=O) groups excluding carboxylic acids is 5. The van der Waals surface area contributed by atoms with Gasteiger partial charge < -0.3 is 15.0 Å². The lowest BCUT2D eigenvalue weighted by molar-refractivity contribution is -0.156. The number of nitrogens with zero attached hydrogens (tertiary/aromatic N) is 2. The summed E-state index contributed by atoms with van der Waals surface area (Å²) in [6.07, 6.45) is 2.57. The van der Waals surface area contributed by atoms with Crippen molar-refractivity contribution in [3.05, 3.63) is 0 Å². The van der Waals surface area contributed by atoms with Crippen LogP contribution in [0.25, 0.3) is 0 Å². The van der Waals surface area contributed by atoms with Crippen LogP contribution in [0.2, 0.25) is 0 Å². The summed E-state index contributed by atoms with van der Waals surface area (Å²) in [4.78, 5) is 63.7. The zero-order valence-electron chi connectivity index (χ0n) is 17.7. The third kappa shape index (κ3) is 5.04. The lowest BCUT2D eigenvalue weighted by Gasteiger charge is -2.35. The number of hydrogen-bond donors (Lipinski definition) is 2. The molecule has 2 N–H and O–H groups in total. The highest BCUT2D eigenvalue weighted by Crippen LogP contribution is 2.39. The molecule has 0 aromatic carbocycles. The minimum absolute atomic E-state index is 0.400. The standard InChI is InChI=1S/C19H30N4O6/c1-12(14(25)20-16(27)21-18(2,3)4)29-13(24)11-23-15(26)19(22(5)17(23)28)9-7-6-8-10-19/h12H,6-11H2,1-5H3,(H2,20,21,25,27)/t12-/m1/s1. The van der Waals surface area contributed by atoms with Gasteiger partial charge in [-0.2, -0.15) is 0 Å². The third-order valence-electron chi connectivity index (χ3n) is 5.17. The van der Waals surface area contributed by atoms with Gasteiger partial charge in [0.05, 0.1) is 0 Å². The van der Waals surface area contributed by atoms with Gasteiger partial charge in [0.15, 0.2) is 6.10 Å². The van der Waals surface area contributed by atoms with Crippen LogP contribution in [-0.4, -0.2) is 70.4 Å². The lowest BCUT2D eigenvalue weighted by Crippen LogP contribution is -2.51. The number of amides is 6. The fourth-order valence-electron chi connectivity index (χ4n) is 3.67. The molecule has 2 rings (SSSR count). The van der Waals surface area contributed by atoms with E-state index in [9.17, 15) is 24.0 Å². The van der Waals surface area contributed by atoms with Crippen molar-refractivity contribution in [1.82, 2.24) is 20.4 Å². The van der Waals surface area contributed by atoms with E-state index >= 15 is 0 Å². The molecule has 0 aromatic rings. The summed E-state index contributed by atoms with van der Waals surface area (Å²) in [5.74, 6) is -2.10. The molecule has 1 spiro atoms. The Bertz CT molecular complexity index is 708. The molecule has 1 saturated carbocycles. The van der Waals surface area contributed by atoms with E-state index in [2.05, 4.69) is 10.6 Å². The molecule has 1 aliphatic carbocycles. The fourth-order valence-corrected chi connectivity index (χ4v) is 3.67. The maximum atomic E-state index is 12.9. The average molecular weight is 410 g/mol. The lowest BCUT2D eigenvalue weighted by atomic mass is 9.81. The first-order valence-corrected chi connectivity index (χ1v) is 9.80. The monoisotopic (exact) mass is 410 g/mol. The second-order valence-corrected chi connectivity index (χ2v) is 8.65. The van der Waals surface area contributed by atoms with Crippen molar-refractivity contribution in [3.63, 3.8) is 0 Å². The van der Waals surface area contributed by atoms with Crippen LogP contribution in [0.5, 0.6) is 0 Å². The molecular formula is C19H30N4O6. The number of hydrogen-bond acceptors (Lipinski definition) is 6. The van der Waals surface area contributed by atoms with Crippen LogP contribution in [0, 0.1) is 0 Å². The van der Waals surface area contributed by atoms with Crippen LogP contribution in [-0.2, 0) is 19.1 Å².